The highest BCUT2D eigenvalue weighted by Gasteiger charge is 2.36. The van der Waals surface area contributed by atoms with E-state index in [1.807, 2.05) is 30.3 Å². The van der Waals surface area contributed by atoms with E-state index in [-0.39, 0.29) is 11.9 Å². The van der Waals surface area contributed by atoms with Crippen LogP contribution in [0.1, 0.15) is 27.5 Å². The number of fused-ring (bicyclic) bond motifs is 1. The number of benzene rings is 2. The lowest BCUT2D eigenvalue weighted by Crippen LogP contribution is -2.19. The Morgan fingerprint density at radius 2 is 1.64 bits per heavy atom. The maximum Gasteiger partial charge on any atom is 0.252 e. The lowest BCUT2D eigenvalue weighted by molar-refractivity contribution is 0.0960. The zero-order chi connectivity index (χ0) is 15.7. The van der Waals surface area contributed by atoms with Gasteiger partial charge in [0.25, 0.3) is 5.91 Å². The van der Waals surface area contributed by atoms with E-state index < -0.39 is 0 Å². The average Bonchev–Trinajstić information content (AvgIpc) is 2.90. The van der Waals surface area contributed by atoms with Crippen LogP contribution in [0.5, 0.6) is 17.2 Å². The molecule has 1 aliphatic rings. The van der Waals surface area contributed by atoms with E-state index in [9.17, 15) is 4.79 Å². The van der Waals surface area contributed by atoms with Gasteiger partial charge in [0.15, 0.2) is 11.5 Å². The molecule has 2 aromatic rings. The molecule has 0 aliphatic carbocycles. The second-order valence-electron chi connectivity index (χ2n) is 4.92. The maximum atomic E-state index is 12.3. The van der Waals surface area contributed by atoms with Gasteiger partial charge in [-0.3, -0.25) is 4.79 Å². The molecular weight excluding hydrogens is 282 g/mol. The third-order valence-corrected chi connectivity index (χ3v) is 3.81. The van der Waals surface area contributed by atoms with Gasteiger partial charge < -0.3 is 19.5 Å². The predicted octanol–water partition coefficient (Wildman–Crippen LogP) is 2.55. The Balaban J connectivity index is 2.24. The van der Waals surface area contributed by atoms with Crippen LogP contribution in [-0.2, 0) is 0 Å². The van der Waals surface area contributed by atoms with Crippen LogP contribution >= 0.6 is 0 Å². The number of hydrogen-bond acceptors (Lipinski definition) is 4. The van der Waals surface area contributed by atoms with Crippen LogP contribution < -0.4 is 19.5 Å². The molecule has 1 amide bonds. The Bertz CT molecular complexity index is 712. The van der Waals surface area contributed by atoms with Crippen molar-refractivity contribution in [1.82, 2.24) is 5.32 Å². The molecule has 2 aromatic carbocycles. The summed E-state index contributed by atoms with van der Waals surface area (Å²) in [5.74, 6) is 1.33. The molecule has 0 unspecified atom stereocenters. The molecule has 0 radical (unpaired) electrons. The zero-order valence-corrected chi connectivity index (χ0v) is 12.7. The number of hydrogen-bond donors (Lipinski definition) is 1. The third-order valence-electron chi connectivity index (χ3n) is 3.81. The number of amides is 1. The summed E-state index contributed by atoms with van der Waals surface area (Å²) < 4.78 is 16.2. The van der Waals surface area contributed by atoms with Gasteiger partial charge in [-0.25, -0.2) is 0 Å². The first kappa shape index (κ1) is 14.3. The number of rotatable bonds is 4. The Hall–Kier alpha value is -2.69. The second-order valence-corrected chi connectivity index (χ2v) is 4.92. The Labute approximate surface area is 128 Å². The summed E-state index contributed by atoms with van der Waals surface area (Å²) in [5.41, 5.74) is 2.31. The van der Waals surface area contributed by atoms with E-state index in [0.29, 0.717) is 22.8 Å². The van der Waals surface area contributed by atoms with Gasteiger partial charge in [-0.1, -0.05) is 30.3 Å². The molecule has 0 bridgehead atoms. The SMILES string of the molecule is COc1cc2c(c(OC)c1OC)[C@@H](c1ccccc1)NC2=O. The molecule has 22 heavy (non-hydrogen) atoms. The second kappa shape index (κ2) is 5.60. The molecule has 0 saturated heterocycles. The van der Waals surface area contributed by atoms with Gasteiger partial charge in [0.1, 0.15) is 0 Å². The Morgan fingerprint density at radius 3 is 2.23 bits per heavy atom. The highest BCUT2D eigenvalue weighted by atomic mass is 16.5. The van der Waals surface area contributed by atoms with Crippen molar-refractivity contribution in [2.75, 3.05) is 21.3 Å². The maximum absolute atomic E-state index is 12.3. The van der Waals surface area contributed by atoms with Crippen molar-refractivity contribution in [2.24, 2.45) is 0 Å². The lowest BCUT2D eigenvalue weighted by atomic mass is 9.96. The van der Waals surface area contributed by atoms with Crippen molar-refractivity contribution in [1.29, 1.82) is 0 Å². The van der Waals surface area contributed by atoms with Crippen molar-refractivity contribution in [3.63, 3.8) is 0 Å². The van der Waals surface area contributed by atoms with Gasteiger partial charge in [-0.15, -0.1) is 0 Å². The first-order valence-corrected chi connectivity index (χ1v) is 6.90. The van der Waals surface area contributed by atoms with Crippen LogP contribution in [-0.4, -0.2) is 27.2 Å². The summed E-state index contributed by atoms with van der Waals surface area (Å²) in [5, 5.41) is 2.98. The minimum absolute atomic E-state index is 0.150. The van der Waals surface area contributed by atoms with E-state index in [4.69, 9.17) is 14.2 Å². The van der Waals surface area contributed by atoms with E-state index in [1.165, 1.54) is 7.11 Å². The molecule has 1 N–H and O–H groups in total. The quantitative estimate of drug-likeness (QED) is 0.942. The fraction of sp³-hybridized carbons (Fsp3) is 0.235. The van der Waals surface area contributed by atoms with E-state index in [1.54, 1.807) is 20.3 Å². The highest BCUT2D eigenvalue weighted by molar-refractivity contribution is 6.01. The first-order chi connectivity index (χ1) is 10.7. The summed E-state index contributed by atoms with van der Waals surface area (Å²) in [6.45, 7) is 0. The van der Waals surface area contributed by atoms with Crippen molar-refractivity contribution < 1.29 is 19.0 Å². The molecule has 5 heteroatoms. The summed E-state index contributed by atoms with van der Waals surface area (Å²) in [6, 6.07) is 11.2. The zero-order valence-electron chi connectivity index (χ0n) is 12.7. The monoisotopic (exact) mass is 299 g/mol. The van der Waals surface area contributed by atoms with Crippen LogP contribution in [0.15, 0.2) is 36.4 Å². The molecule has 0 fully saturated rings. The standard InChI is InChI=1S/C17H17NO4/c1-20-12-9-11-13(16(22-3)15(12)21-2)14(18-17(11)19)10-7-5-4-6-8-10/h4-9,14H,1-3H3,(H,18,19)/t14-/m1/s1. The number of carbonyl (C=O) groups excluding carboxylic acids is 1. The molecular formula is C17H17NO4. The van der Waals surface area contributed by atoms with Gasteiger partial charge in [0, 0.05) is 5.56 Å². The molecule has 0 aromatic heterocycles. The lowest BCUT2D eigenvalue weighted by Gasteiger charge is -2.18. The predicted molar refractivity (Wildman–Crippen MR) is 81.8 cm³/mol. The molecule has 5 nitrogen and oxygen atoms in total. The molecule has 1 heterocycles. The third kappa shape index (κ3) is 2.06. The normalized spacial score (nSPS) is 16.0. The smallest absolute Gasteiger partial charge is 0.252 e. The summed E-state index contributed by atoms with van der Waals surface area (Å²) in [4.78, 5) is 12.3. The number of nitrogens with one attached hydrogen (secondary N) is 1. The van der Waals surface area contributed by atoms with Crippen molar-refractivity contribution in [2.45, 2.75) is 6.04 Å². The molecule has 0 saturated carbocycles. The molecule has 0 spiro atoms. The molecule has 1 atom stereocenters. The molecule has 3 rings (SSSR count). The Morgan fingerprint density at radius 1 is 0.955 bits per heavy atom. The van der Waals surface area contributed by atoms with Gasteiger partial charge in [-0.2, -0.15) is 0 Å². The summed E-state index contributed by atoms with van der Waals surface area (Å²) in [6.07, 6.45) is 0. The molecule has 1 aliphatic heterocycles. The minimum atomic E-state index is -0.265. The van der Waals surface area contributed by atoms with E-state index in [2.05, 4.69) is 5.32 Å². The van der Waals surface area contributed by atoms with Crippen LogP contribution in [0, 0.1) is 0 Å². The van der Waals surface area contributed by atoms with E-state index in [0.717, 1.165) is 11.1 Å². The Kier molecular flexibility index (Phi) is 3.63. The van der Waals surface area contributed by atoms with Gasteiger partial charge in [0.2, 0.25) is 5.75 Å². The summed E-state index contributed by atoms with van der Waals surface area (Å²) in [7, 11) is 4.64. The number of carbonyl (C=O) groups is 1. The summed E-state index contributed by atoms with van der Waals surface area (Å²) >= 11 is 0. The van der Waals surface area contributed by atoms with Gasteiger partial charge >= 0.3 is 0 Å². The fourth-order valence-electron chi connectivity index (χ4n) is 2.83. The van der Waals surface area contributed by atoms with Gasteiger partial charge in [0.05, 0.1) is 32.9 Å². The van der Waals surface area contributed by atoms with Crippen LogP contribution in [0.25, 0.3) is 0 Å². The first-order valence-electron chi connectivity index (χ1n) is 6.90. The fourth-order valence-corrected chi connectivity index (χ4v) is 2.83. The number of methoxy groups -OCH3 is 3. The van der Waals surface area contributed by atoms with Crippen molar-refractivity contribution in [3.05, 3.63) is 53.1 Å². The molecule has 114 valence electrons. The van der Waals surface area contributed by atoms with Crippen LogP contribution in [0.2, 0.25) is 0 Å². The van der Waals surface area contributed by atoms with Crippen LogP contribution in [0.4, 0.5) is 0 Å². The minimum Gasteiger partial charge on any atom is -0.493 e. The van der Waals surface area contributed by atoms with Crippen molar-refractivity contribution >= 4 is 5.91 Å². The average molecular weight is 299 g/mol. The largest absolute Gasteiger partial charge is 0.493 e. The van der Waals surface area contributed by atoms with Crippen molar-refractivity contribution in [3.8, 4) is 17.2 Å². The van der Waals surface area contributed by atoms with Crippen LogP contribution in [0.3, 0.4) is 0 Å². The van der Waals surface area contributed by atoms with E-state index >= 15 is 0 Å². The van der Waals surface area contributed by atoms with Gasteiger partial charge in [-0.05, 0) is 11.6 Å². The highest BCUT2D eigenvalue weighted by Crippen LogP contribution is 2.47. The number of ether oxygens (including phenoxy) is 3. The topological polar surface area (TPSA) is 56.8 Å².